The number of nitrogens with zero attached hydrogens (tertiary/aromatic N) is 2. The number of rotatable bonds is 4. The van der Waals surface area contributed by atoms with Crippen LogP contribution in [0.25, 0.3) is 11.0 Å². The van der Waals surface area contributed by atoms with Gasteiger partial charge in [0.1, 0.15) is 11.0 Å². The molecule has 0 aliphatic carbocycles. The van der Waals surface area contributed by atoms with Gasteiger partial charge in [-0.3, -0.25) is 0 Å². The minimum Gasteiger partial charge on any atom is -0.480 e. The molecule has 1 aromatic carbocycles. The number of carbonyl (C=O) groups excluding carboxylic acids is 1. The van der Waals surface area contributed by atoms with E-state index in [0.717, 1.165) is 11.7 Å². The van der Waals surface area contributed by atoms with Crippen molar-refractivity contribution in [1.29, 1.82) is 0 Å². The highest BCUT2D eigenvalue weighted by Gasteiger charge is 2.20. The van der Waals surface area contributed by atoms with E-state index in [1.165, 1.54) is 0 Å². The van der Waals surface area contributed by atoms with Crippen molar-refractivity contribution < 1.29 is 19.8 Å². The summed E-state index contributed by atoms with van der Waals surface area (Å²) in [7, 11) is 0. The summed E-state index contributed by atoms with van der Waals surface area (Å²) in [6, 6.07) is 0.981. The Bertz CT molecular complexity index is 662. The van der Waals surface area contributed by atoms with Crippen molar-refractivity contribution in [1.82, 2.24) is 14.1 Å². The Hall–Kier alpha value is -1.97. The molecule has 2 aromatic rings. The second-order valence-corrected chi connectivity index (χ2v) is 4.66. The van der Waals surface area contributed by atoms with Crippen LogP contribution in [0.1, 0.15) is 0 Å². The van der Waals surface area contributed by atoms with Gasteiger partial charge in [-0.05, 0) is 12.1 Å². The lowest BCUT2D eigenvalue weighted by Crippen LogP contribution is -2.45. The average Bonchev–Trinajstić information content (AvgIpc) is 2.87. The molecule has 106 valence electrons. The number of nitrogens with one attached hydrogen (secondary N) is 2. The third-order valence-electron chi connectivity index (χ3n) is 2.40. The number of halogens is 1. The number of urea groups is 1. The van der Waals surface area contributed by atoms with Crippen molar-refractivity contribution in [3.8, 4) is 0 Å². The number of fused-ring (bicyclic) bond motifs is 1. The smallest absolute Gasteiger partial charge is 0.328 e. The Labute approximate surface area is 121 Å². The molecule has 10 heteroatoms. The summed E-state index contributed by atoms with van der Waals surface area (Å²) < 4.78 is 8.00. The fraction of sp³-hybridized carbons (Fsp3) is 0.200. The molecule has 2 rings (SSSR count). The lowest BCUT2D eigenvalue weighted by atomic mass is 10.2. The van der Waals surface area contributed by atoms with Gasteiger partial charge in [-0.2, -0.15) is 8.75 Å². The van der Waals surface area contributed by atoms with Gasteiger partial charge in [-0.25, -0.2) is 9.59 Å². The van der Waals surface area contributed by atoms with Crippen LogP contribution in [0.2, 0.25) is 5.02 Å². The van der Waals surface area contributed by atoms with Crippen LogP contribution in [-0.2, 0) is 4.79 Å². The number of carboxylic acids is 1. The van der Waals surface area contributed by atoms with E-state index in [-0.39, 0.29) is 10.7 Å². The normalized spacial score (nSPS) is 12.1. The first kappa shape index (κ1) is 14.4. The monoisotopic (exact) mass is 316 g/mol. The fourth-order valence-electron chi connectivity index (χ4n) is 1.44. The topological polar surface area (TPSA) is 124 Å². The number of aliphatic carboxylic acids is 1. The number of benzene rings is 1. The van der Waals surface area contributed by atoms with Gasteiger partial charge in [0.2, 0.25) is 0 Å². The zero-order valence-electron chi connectivity index (χ0n) is 9.83. The number of hydrogen-bond donors (Lipinski definition) is 4. The van der Waals surface area contributed by atoms with E-state index in [9.17, 15) is 9.59 Å². The zero-order chi connectivity index (χ0) is 14.7. The number of anilines is 1. The quantitative estimate of drug-likeness (QED) is 0.664. The summed E-state index contributed by atoms with van der Waals surface area (Å²) in [6.45, 7) is -0.723. The summed E-state index contributed by atoms with van der Waals surface area (Å²) in [5.41, 5.74) is 1.21. The number of carboxylic acid groups (broad SMARTS) is 1. The van der Waals surface area contributed by atoms with Crippen molar-refractivity contribution in [2.75, 3.05) is 11.9 Å². The first-order chi connectivity index (χ1) is 9.52. The average molecular weight is 317 g/mol. The number of aromatic nitrogens is 2. The van der Waals surface area contributed by atoms with E-state index in [1.807, 2.05) is 0 Å². The molecule has 0 unspecified atom stereocenters. The maximum absolute atomic E-state index is 11.7. The summed E-state index contributed by atoms with van der Waals surface area (Å²) in [4.78, 5) is 22.4. The van der Waals surface area contributed by atoms with E-state index >= 15 is 0 Å². The molecule has 8 nitrogen and oxygen atoms in total. The Kier molecular flexibility index (Phi) is 4.32. The molecule has 4 N–H and O–H groups in total. The van der Waals surface area contributed by atoms with Crippen LogP contribution in [-0.4, -0.2) is 43.6 Å². The molecule has 1 heterocycles. The fourth-order valence-corrected chi connectivity index (χ4v) is 2.18. The molecular formula is C10H9ClN4O4S. The van der Waals surface area contributed by atoms with Gasteiger partial charge >= 0.3 is 12.0 Å². The second kappa shape index (κ2) is 5.99. The molecule has 20 heavy (non-hydrogen) atoms. The molecular weight excluding hydrogens is 308 g/mol. The third kappa shape index (κ3) is 2.95. The molecule has 0 aliphatic rings. The van der Waals surface area contributed by atoms with Crippen molar-refractivity contribution in [3.63, 3.8) is 0 Å². The van der Waals surface area contributed by atoms with Crippen LogP contribution < -0.4 is 10.6 Å². The molecule has 1 atom stereocenters. The number of amides is 2. The minimum absolute atomic E-state index is 0.234. The molecule has 2 amide bonds. The summed E-state index contributed by atoms with van der Waals surface area (Å²) in [6.07, 6.45) is 0. The van der Waals surface area contributed by atoms with Crippen molar-refractivity contribution in [2.45, 2.75) is 6.04 Å². The summed E-state index contributed by atoms with van der Waals surface area (Å²) in [5, 5.41) is 22.3. The van der Waals surface area contributed by atoms with Gasteiger partial charge in [0, 0.05) is 0 Å². The third-order valence-corrected chi connectivity index (χ3v) is 3.26. The number of aliphatic hydroxyl groups excluding tert-OH is 1. The Balaban J connectivity index is 2.19. The zero-order valence-corrected chi connectivity index (χ0v) is 11.4. The number of hydrogen-bond acceptors (Lipinski definition) is 6. The van der Waals surface area contributed by atoms with Crippen LogP contribution >= 0.6 is 23.3 Å². The van der Waals surface area contributed by atoms with Gasteiger partial charge in [-0.15, -0.1) is 0 Å². The molecule has 1 aromatic heterocycles. The van der Waals surface area contributed by atoms with Crippen molar-refractivity contribution in [2.24, 2.45) is 0 Å². The van der Waals surface area contributed by atoms with Gasteiger partial charge in [0.15, 0.2) is 6.04 Å². The largest absolute Gasteiger partial charge is 0.480 e. The van der Waals surface area contributed by atoms with Crippen LogP contribution in [0.4, 0.5) is 10.5 Å². The minimum atomic E-state index is -1.40. The standard InChI is InChI=1S/C10H9ClN4O4S/c11-4-1-2-5-8(15-20-14-5)7(4)13-10(19)12-6(3-16)9(17)18/h1-2,6,16H,3H2,(H,17,18)(H2,12,13,19)/t6-/m1/s1. The van der Waals surface area contributed by atoms with E-state index in [4.69, 9.17) is 21.8 Å². The second-order valence-electron chi connectivity index (χ2n) is 3.73. The van der Waals surface area contributed by atoms with Gasteiger partial charge in [-0.1, -0.05) is 11.6 Å². The maximum atomic E-state index is 11.7. The van der Waals surface area contributed by atoms with Gasteiger partial charge < -0.3 is 20.8 Å². The van der Waals surface area contributed by atoms with Gasteiger partial charge in [0.25, 0.3) is 0 Å². The SMILES string of the molecule is O=C(Nc1c(Cl)ccc2nsnc12)N[C@H](CO)C(=O)O. The molecule has 0 bridgehead atoms. The van der Waals surface area contributed by atoms with E-state index in [2.05, 4.69) is 19.4 Å². The summed E-state index contributed by atoms with van der Waals surface area (Å²) in [5.74, 6) is -1.35. The van der Waals surface area contributed by atoms with Crippen LogP contribution in [0.3, 0.4) is 0 Å². The van der Waals surface area contributed by atoms with Gasteiger partial charge in [0.05, 0.1) is 29.0 Å². The number of aliphatic hydroxyl groups is 1. The lowest BCUT2D eigenvalue weighted by Gasteiger charge is -2.13. The molecule has 0 spiro atoms. The van der Waals surface area contributed by atoms with E-state index in [0.29, 0.717) is 11.0 Å². The van der Waals surface area contributed by atoms with Crippen molar-refractivity contribution in [3.05, 3.63) is 17.2 Å². The maximum Gasteiger partial charge on any atom is 0.328 e. The first-order valence-corrected chi connectivity index (χ1v) is 6.45. The van der Waals surface area contributed by atoms with E-state index < -0.39 is 24.6 Å². The molecule has 0 fully saturated rings. The predicted octanol–water partition coefficient (Wildman–Crippen LogP) is 0.912. The highest BCUT2D eigenvalue weighted by Crippen LogP contribution is 2.29. The predicted molar refractivity (Wildman–Crippen MR) is 73.1 cm³/mol. The van der Waals surface area contributed by atoms with Crippen LogP contribution in [0, 0.1) is 0 Å². The molecule has 0 aliphatic heterocycles. The lowest BCUT2D eigenvalue weighted by molar-refractivity contribution is -0.140. The Morgan fingerprint density at radius 3 is 2.80 bits per heavy atom. The highest BCUT2D eigenvalue weighted by atomic mass is 35.5. The Morgan fingerprint density at radius 2 is 2.15 bits per heavy atom. The highest BCUT2D eigenvalue weighted by molar-refractivity contribution is 7.00. The Morgan fingerprint density at radius 1 is 1.40 bits per heavy atom. The molecule has 0 saturated carbocycles. The van der Waals surface area contributed by atoms with E-state index in [1.54, 1.807) is 12.1 Å². The molecule has 0 saturated heterocycles. The van der Waals surface area contributed by atoms with Crippen LogP contribution in [0.15, 0.2) is 12.1 Å². The van der Waals surface area contributed by atoms with Crippen LogP contribution in [0.5, 0.6) is 0 Å². The number of carbonyl (C=O) groups is 2. The summed E-state index contributed by atoms with van der Waals surface area (Å²) >= 11 is 6.93. The van der Waals surface area contributed by atoms with Crippen molar-refractivity contribution >= 4 is 52.1 Å². The molecule has 0 radical (unpaired) electrons. The first-order valence-electron chi connectivity index (χ1n) is 5.35.